The number of aromatic nitrogens is 1. The number of carbonyl (C=O) groups excluding carboxylic acids is 2. The van der Waals surface area contributed by atoms with Gasteiger partial charge in [-0.25, -0.2) is 9.78 Å². The SMILES string of the molecule is CCCC[C@@H](Br)C(=O)Nc1nc2ccc(C(=O)OC)cc2s1. The van der Waals surface area contributed by atoms with Crippen molar-refractivity contribution in [1.29, 1.82) is 0 Å². The van der Waals surface area contributed by atoms with Crippen LogP contribution in [-0.2, 0) is 9.53 Å². The molecular formula is C15H17BrN2O3S. The first-order chi connectivity index (χ1) is 10.5. The van der Waals surface area contributed by atoms with Gasteiger partial charge in [0, 0.05) is 0 Å². The third kappa shape index (κ3) is 4.04. The minimum absolute atomic E-state index is 0.0966. The number of thiazole rings is 1. The lowest BCUT2D eigenvalue weighted by Gasteiger charge is -2.07. The van der Waals surface area contributed by atoms with Crippen molar-refractivity contribution in [2.24, 2.45) is 0 Å². The highest BCUT2D eigenvalue weighted by Crippen LogP contribution is 2.27. The standard InChI is InChI=1S/C15H17BrN2O3S/c1-3-4-5-10(16)13(19)18-15-17-11-7-6-9(14(20)21-2)8-12(11)22-15/h6-8,10H,3-5H2,1-2H3,(H,17,18,19)/t10-/m1/s1. The van der Waals surface area contributed by atoms with Crippen molar-refractivity contribution in [2.45, 2.75) is 31.0 Å². The predicted molar refractivity (Wildman–Crippen MR) is 91.8 cm³/mol. The molecule has 1 heterocycles. The minimum Gasteiger partial charge on any atom is -0.465 e. The Balaban J connectivity index is 2.12. The number of benzene rings is 1. The lowest BCUT2D eigenvalue weighted by atomic mass is 10.2. The monoisotopic (exact) mass is 384 g/mol. The fraction of sp³-hybridized carbons (Fsp3) is 0.400. The summed E-state index contributed by atoms with van der Waals surface area (Å²) in [5, 5.41) is 3.34. The number of methoxy groups -OCH3 is 1. The molecule has 0 fully saturated rings. The van der Waals surface area contributed by atoms with Gasteiger partial charge in [0.05, 0.1) is 27.7 Å². The van der Waals surface area contributed by atoms with E-state index in [2.05, 4.69) is 33.2 Å². The zero-order valence-corrected chi connectivity index (χ0v) is 14.8. The number of nitrogens with one attached hydrogen (secondary N) is 1. The summed E-state index contributed by atoms with van der Waals surface area (Å²) in [4.78, 5) is 27.7. The summed E-state index contributed by atoms with van der Waals surface area (Å²) in [6.07, 6.45) is 2.83. The van der Waals surface area contributed by atoms with Gasteiger partial charge in [-0.1, -0.05) is 47.0 Å². The van der Waals surface area contributed by atoms with Crippen molar-refractivity contribution in [3.8, 4) is 0 Å². The summed E-state index contributed by atoms with van der Waals surface area (Å²) < 4.78 is 5.53. The fourth-order valence-corrected chi connectivity index (χ4v) is 3.27. The number of halogens is 1. The van der Waals surface area contributed by atoms with Gasteiger partial charge in [-0.15, -0.1) is 0 Å². The highest BCUT2D eigenvalue weighted by molar-refractivity contribution is 9.10. The number of hydrogen-bond donors (Lipinski definition) is 1. The van der Waals surface area contributed by atoms with Crippen LogP contribution in [0.3, 0.4) is 0 Å². The van der Waals surface area contributed by atoms with Crippen LogP contribution in [0.4, 0.5) is 5.13 Å². The molecule has 0 bridgehead atoms. The highest BCUT2D eigenvalue weighted by Gasteiger charge is 2.16. The van der Waals surface area contributed by atoms with E-state index in [-0.39, 0.29) is 16.7 Å². The van der Waals surface area contributed by atoms with Crippen LogP contribution in [0.15, 0.2) is 18.2 Å². The molecule has 1 atom stereocenters. The summed E-state index contributed by atoms with van der Waals surface area (Å²) in [6, 6.07) is 5.13. The molecule has 22 heavy (non-hydrogen) atoms. The molecule has 0 saturated carbocycles. The number of carbonyl (C=O) groups is 2. The van der Waals surface area contributed by atoms with E-state index < -0.39 is 0 Å². The Hall–Kier alpha value is -1.47. The smallest absolute Gasteiger partial charge is 0.337 e. The molecule has 0 spiro atoms. The molecule has 0 aliphatic heterocycles. The Labute approximate surface area is 141 Å². The number of unbranched alkanes of at least 4 members (excludes halogenated alkanes) is 1. The van der Waals surface area contributed by atoms with Gasteiger partial charge in [-0.2, -0.15) is 0 Å². The lowest BCUT2D eigenvalue weighted by Crippen LogP contribution is -2.22. The average molecular weight is 385 g/mol. The van der Waals surface area contributed by atoms with E-state index >= 15 is 0 Å². The summed E-state index contributed by atoms with van der Waals surface area (Å²) in [5.74, 6) is -0.485. The van der Waals surface area contributed by atoms with Crippen molar-refractivity contribution in [2.75, 3.05) is 12.4 Å². The molecule has 1 aromatic carbocycles. The third-order valence-corrected chi connectivity index (χ3v) is 4.94. The molecule has 0 unspecified atom stereocenters. The quantitative estimate of drug-likeness (QED) is 0.604. The number of ether oxygens (including phenoxy) is 1. The maximum absolute atomic E-state index is 12.1. The Bertz CT molecular complexity index is 686. The zero-order valence-electron chi connectivity index (χ0n) is 12.4. The van der Waals surface area contributed by atoms with Crippen LogP contribution >= 0.6 is 27.3 Å². The summed E-state index contributed by atoms with van der Waals surface area (Å²) in [6.45, 7) is 2.09. The zero-order chi connectivity index (χ0) is 16.1. The van der Waals surface area contributed by atoms with Crippen molar-refractivity contribution < 1.29 is 14.3 Å². The van der Waals surface area contributed by atoms with Crippen LogP contribution < -0.4 is 5.32 Å². The summed E-state index contributed by atoms with van der Waals surface area (Å²) in [7, 11) is 1.34. The highest BCUT2D eigenvalue weighted by atomic mass is 79.9. The third-order valence-electron chi connectivity index (χ3n) is 3.14. The second-order valence-electron chi connectivity index (χ2n) is 4.79. The molecule has 2 rings (SSSR count). The molecule has 1 N–H and O–H groups in total. The normalized spacial score (nSPS) is 12.1. The van der Waals surface area contributed by atoms with Crippen molar-refractivity contribution in [3.63, 3.8) is 0 Å². The molecule has 0 aliphatic rings. The predicted octanol–water partition coefficient (Wildman–Crippen LogP) is 3.98. The van der Waals surface area contributed by atoms with Gasteiger partial charge in [0.15, 0.2) is 5.13 Å². The van der Waals surface area contributed by atoms with Crippen LogP contribution in [-0.4, -0.2) is 28.8 Å². The lowest BCUT2D eigenvalue weighted by molar-refractivity contribution is -0.115. The van der Waals surface area contributed by atoms with Crippen LogP contribution in [0.1, 0.15) is 36.5 Å². The Morgan fingerprint density at radius 2 is 2.23 bits per heavy atom. The first kappa shape index (κ1) is 16.9. The summed E-state index contributed by atoms with van der Waals surface area (Å²) >= 11 is 4.73. The van der Waals surface area contributed by atoms with E-state index in [1.54, 1.807) is 18.2 Å². The molecule has 0 aliphatic carbocycles. The number of alkyl halides is 1. The van der Waals surface area contributed by atoms with E-state index in [4.69, 9.17) is 4.74 Å². The van der Waals surface area contributed by atoms with Gasteiger partial charge in [-0.3, -0.25) is 4.79 Å². The van der Waals surface area contributed by atoms with Gasteiger partial charge in [0.25, 0.3) is 0 Å². The summed E-state index contributed by atoms with van der Waals surface area (Å²) in [5.41, 5.74) is 1.21. The molecular weight excluding hydrogens is 368 g/mol. The van der Waals surface area contributed by atoms with E-state index in [1.165, 1.54) is 18.4 Å². The topological polar surface area (TPSA) is 68.3 Å². The molecule has 5 nitrogen and oxygen atoms in total. The Morgan fingerprint density at radius 3 is 2.91 bits per heavy atom. The number of esters is 1. The molecule has 1 aromatic heterocycles. The second kappa shape index (κ2) is 7.69. The van der Waals surface area contributed by atoms with Gasteiger partial charge >= 0.3 is 5.97 Å². The maximum Gasteiger partial charge on any atom is 0.337 e. The molecule has 2 aromatic rings. The Kier molecular flexibility index (Phi) is 5.90. The maximum atomic E-state index is 12.1. The van der Waals surface area contributed by atoms with E-state index in [0.29, 0.717) is 10.7 Å². The van der Waals surface area contributed by atoms with Crippen molar-refractivity contribution in [1.82, 2.24) is 4.98 Å². The van der Waals surface area contributed by atoms with Crippen LogP contribution in [0.2, 0.25) is 0 Å². The molecule has 0 radical (unpaired) electrons. The number of rotatable bonds is 6. The number of nitrogens with zero attached hydrogens (tertiary/aromatic N) is 1. The van der Waals surface area contributed by atoms with E-state index in [1.807, 2.05) is 0 Å². The first-order valence-electron chi connectivity index (χ1n) is 6.99. The van der Waals surface area contributed by atoms with Crippen LogP contribution in [0.25, 0.3) is 10.2 Å². The van der Waals surface area contributed by atoms with Gasteiger partial charge in [0.1, 0.15) is 0 Å². The van der Waals surface area contributed by atoms with Gasteiger partial charge < -0.3 is 10.1 Å². The minimum atomic E-state index is -0.388. The number of amides is 1. The molecule has 0 saturated heterocycles. The van der Waals surface area contributed by atoms with Crippen molar-refractivity contribution in [3.05, 3.63) is 23.8 Å². The van der Waals surface area contributed by atoms with E-state index in [0.717, 1.165) is 29.5 Å². The van der Waals surface area contributed by atoms with Gasteiger partial charge in [0.2, 0.25) is 5.91 Å². The second-order valence-corrected chi connectivity index (χ2v) is 6.93. The van der Waals surface area contributed by atoms with Crippen LogP contribution in [0, 0.1) is 0 Å². The van der Waals surface area contributed by atoms with Crippen LogP contribution in [0.5, 0.6) is 0 Å². The Morgan fingerprint density at radius 1 is 1.45 bits per heavy atom. The number of anilines is 1. The molecule has 7 heteroatoms. The fourth-order valence-electron chi connectivity index (χ4n) is 1.92. The average Bonchev–Trinajstić information content (AvgIpc) is 2.92. The van der Waals surface area contributed by atoms with Crippen molar-refractivity contribution >= 4 is 54.5 Å². The van der Waals surface area contributed by atoms with Gasteiger partial charge in [-0.05, 0) is 24.6 Å². The largest absolute Gasteiger partial charge is 0.465 e. The molecule has 1 amide bonds. The number of hydrogen-bond acceptors (Lipinski definition) is 5. The number of fused-ring (bicyclic) bond motifs is 1. The first-order valence-corrected chi connectivity index (χ1v) is 8.72. The molecule has 118 valence electrons. The van der Waals surface area contributed by atoms with E-state index in [9.17, 15) is 9.59 Å².